The Bertz CT molecular complexity index is 263. The Morgan fingerprint density at radius 2 is 1.88 bits per heavy atom. The molecular weight excluding hydrogens is 208 g/mol. The Hall–Kier alpha value is -1.32. The second-order valence-corrected chi connectivity index (χ2v) is 4.68. The van der Waals surface area contributed by atoms with E-state index >= 15 is 0 Å². The van der Waals surface area contributed by atoms with E-state index in [-0.39, 0.29) is 17.8 Å². The van der Waals surface area contributed by atoms with Gasteiger partial charge < -0.3 is 9.47 Å². The van der Waals surface area contributed by atoms with Crippen molar-refractivity contribution in [3.63, 3.8) is 0 Å². The summed E-state index contributed by atoms with van der Waals surface area (Å²) in [6.45, 7) is 10.9. The van der Waals surface area contributed by atoms with E-state index in [1.165, 1.54) is 0 Å². The lowest BCUT2D eigenvalue weighted by molar-refractivity contribution is -0.188. The van der Waals surface area contributed by atoms with Gasteiger partial charge in [0.2, 0.25) is 6.29 Å². The van der Waals surface area contributed by atoms with Crippen LogP contribution in [0.1, 0.15) is 40.5 Å². The minimum atomic E-state index is -0.835. The number of ether oxygens (including phenoxy) is 2. The molecule has 92 valence electrons. The van der Waals surface area contributed by atoms with Crippen molar-refractivity contribution < 1.29 is 19.1 Å². The third-order valence-electron chi connectivity index (χ3n) is 1.74. The zero-order valence-corrected chi connectivity index (χ0v) is 10.4. The van der Waals surface area contributed by atoms with E-state index in [0.29, 0.717) is 6.42 Å². The maximum Gasteiger partial charge on any atom is 0.333 e. The van der Waals surface area contributed by atoms with E-state index < -0.39 is 12.3 Å². The number of carbonyl (C=O) groups excluding carboxylic acids is 2. The minimum absolute atomic E-state index is 0.0971. The van der Waals surface area contributed by atoms with Gasteiger partial charge in [-0.2, -0.15) is 0 Å². The number of rotatable bonds is 5. The average Bonchev–Trinajstić information content (AvgIpc) is 2.14. The summed E-state index contributed by atoms with van der Waals surface area (Å²) in [5, 5.41) is 0. The predicted octanol–water partition coefficient (Wildman–Crippen LogP) is 2.43. The lowest BCUT2D eigenvalue weighted by Gasteiger charge is -2.25. The largest absolute Gasteiger partial charge is 0.425 e. The SMILES string of the molecule is C=CC(=O)OC(CC(C)(C)C)OC(=O)CC. The fourth-order valence-electron chi connectivity index (χ4n) is 1.01. The second kappa shape index (κ2) is 6.30. The van der Waals surface area contributed by atoms with Crippen LogP contribution < -0.4 is 0 Å². The van der Waals surface area contributed by atoms with E-state index in [0.717, 1.165) is 6.08 Å². The number of hydrogen-bond donors (Lipinski definition) is 0. The summed E-state index contributed by atoms with van der Waals surface area (Å²) in [6.07, 6.45) is 0.929. The summed E-state index contributed by atoms with van der Waals surface area (Å²) in [5.41, 5.74) is -0.0971. The van der Waals surface area contributed by atoms with E-state index in [1.54, 1.807) is 6.92 Å². The van der Waals surface area contributed by atoms with E-state index in [4.69, 9.17) is 9.47 Å². The molecule has 0 aromatic carbocycles. The highest BCUT2D eigenvalue weighted by atomic mass is 16.7. The monoisotopic (exact) mass is 228 g/mol. The molecule has 16 heavy (non-hydrogen) atoms. The Morgan fingerprint density at radius 3 is 2.25 bits per heavy atom. The van der Waals surface area contributed by atoms with Gasteiger partial charge in [0.25, 0.3) is 0 Å². The maximum atomic E-state index is 11.1. The quantitative estimate of drug-likeness (QED) is 0.412. The van der Waals surface area contributed by atoms with E-state index in [9.17, 15) is 9.59 Å². The highest BCUT2D eigenvalue weighted by Gasteiger charge is 2.24. The summed E-state index contributed by atoms with van der Waals surface area (Å²) >= 11 is 0. The van der Waals surface area contributed by atoms with Crippen LogP contribution >= 0.6 is 0 Å². The highest BCUT2D eigenvalue weighted by molar-refractivity contribution is 5.81. The fraction of sp³-hybridized carbons (Fsp3) is 0.667. The van der Waals surface area contributed by atoms with Crippen LogP contribution in [-0.2, 0) is 19.1 Å². The van der Waals surface area contributed by atoms with Crippen LogP contribution in [0.15, 0.2) is 12.7 Å². The predicted molar refractivity (Wildman–Crippen MR) is 60.5 cm³/mol. The minimum Gasteiger partial charge on any atom is -0.425 e. The Balaban J connectivity index is 4.44. The molecule has 0 heterocycles. The normalized spacial score (nSPS) is 12.8. The molecule has 0 aliphatic carbocycles. The number of carbonyl (C=O) groups is 2. The molecule has 4 nitrogen and oxygen atoms in total. The summed E-state index contributed by atoms with van der Waals surface area (Å²) in [4.78, 5) is 22.2. The molecule has 0 aliphatic rings. The van der Waals surface area contributed by atoms with Crippen LogP contribution in [0.25, 0.3) is 0 Å². The van der Waals surface area contributed by atoms with Crippen molar-refractivity contribution in [3.05, 3.63) is 12.7 Å². The molecule has 0 amide bonds. The molecule has 0 bridgehead atoms. The molecule has 0 saturated carbocycles. The zero-order chi connectivity index (χ0) is 12.8. The molecule has 0 aromatic rings. The molecule has 0 fully saturated rings. The first-order valence-corrected chi connectivity index (χ1v) is 5.31. The molecule has 0 spiro atoms. The van der Waals surface area contributed by atoms with Gasteiger partial charge in [0.05, 0.1) is 0 Å². The Labute approximate surface area is 96.6 Å². The van der Waals surface area contributed by atoms with Gasteiger partial charge in [-0.3, -0.25) is 4.79 Å². The van der Waals surface area contributed by atoms with Crippen LogP contribution in [0.4, 0.5) is 0 Å². The van der Waals surface area contributed by atoms with Gasteiger partial charge in [-0.05, 0) is 5.41 Å². The van der Waals surface area contributed by atoms with Gasteiger partial charge in [-0.15, -0.1) is 0 Å². The van der Waals surface area contributed by atoms with Crippen LogP contribution in [-0.4, -0.2) is 18.2 Å². The molecule has 0 N–H and O–H groups in total. The second-order valence-electron chi connectivity index (χ2n) is 4.68. The van der Waals surface area contributed by atoms with Crippen molar-refractivity contribution in [2.24, 2.45) is 5.41 Å². The Morgan fingerprint density at radius 1 is 1.31 bits per heavy atom. The molecule has 0 aliphatic heterocycles. The molecule has 1 atom stereocenters. The standard InChI is InChI=1S/C12H20O4/c1-6-9(13)15-11(8-12(3,4)5)16-10(14)7-2/h6,11H,1,7-8H2,2-5H3. The third kappa shape index (κ3) is 7.04. The first kappa shape index (κ1) is 14.7. The molecule has 0 radical (unpaired) electrons. The smallest absolute Gasteiger partial charge is 0.333 e. The van der Waals surface area contributed by atoms with Gasteiger partial charge >= 0.3 is 11.9 Å². The number of hydrogen-bond acceptors (Lipinski definition) is 4. The highest BCUT2D eigenvalue weighted by Crippen LogP contribution is 2.23. The van der Waals surface area contributed by atoms with Crippen LogP contribution in [0, 0.1) is 5.41 Å². The van der Waals surface area contributed by atoms with Crippen molar-refractivity contribution in [1.29, 1.82) is 0 Å². The van der Waals surface area contributed by atoms with Gasteiger partial charge in [0, 0.05) is 18.9 Å². The van der Waals surface area contributed by atoms with Crippen LogP contribution in [0.2, 0.25) is 0 Å². The molecular formula is C12H20O4. The van der Waals surface area contributed by atoms with Crippen molar-refractivity contribution in [2.45, 2.75) is 46.8 Å². The van der Waals surface area contributed by atoms with Crippen LogP contribution in [0.3, 0.4) is 0 Å². The van der Waals surface area contributed by atoms with E-state index in [2.05, 4.69) is 6.58 Å². The number of esters is 2. The lowest BCUT2D eigenvalue weighted by atomic mass is 9.92. The summed E-state index contributed by atoms with van der Waals surface area (Å²) in [5.74, 6) is -0.968. The molecule has 4 heteroatoms. The fourth-order valence-corrected chi connectivity index (χ4v) is 1.01. The first-order chi connectivity index (χ1) is 7.28. The van der Waals surface area contributed by atoms with E-state index in [1.807, 2.05) is 20.8 Å². The van der Waals surface area contributed by atoms with Crippen LogP contribution in [0.5, 0.6) is 0 Å². The van der Waals surface area contributed by atoms with Gasteiger partial charge in [-0.25, -0.2) is 4.79 Å². The molecule has 1 unspecified atom stereocenters. The third-order valence-corrected chi connectivity index (χ3v) is 1.74. The van der Waals surface area contributed by atoms with Crippen molar-refractivity contribution >= 4 is 11.9 Å². The average molecular weight is 228 g/mol. The van der Waals surface area contributed by atoms with Crippen molar-refractivity contribution in [3.8, 4) is 0 Å². The topological polar surface area (TPSA) is 52.6 Å². The van der Waals surface area contributed by atoms with Gasteiger partial charge in [-0.1, -0.05) is 34.3 Å². The maximum absolute atomic E-state index is 11.1. The first-order valence-electron chi connectivity index (χ1n) is 5.31. The summed E-state index contributed by atoms with van der Waals surface area (Å²) < 4.78 is 9.97. The summed E-state index contributed by atoms with van der Waals surface area (Å²) in [6, 6.07) is 0. The van der Waals surface area contributed by atoms with Crippen molar-refractivity contribution in [1.82, 2.24) is 0 Å². The zero-order valence-electron chi connectivity index (χ0n) is 10.4. The molecule has 0 saturated heterocycles. The van der Waals surface area contributed by atoms with Gasteiger partial charge in [0.1, 0.15) is 0 Å². The molecule has 0 rings (SSSR count). The van der Waals surface area contributed by atoms with Gasteiger partial charge in [0.15, 0.2) is 0 Å². The van der Waals surface area contributed by atoms with Crippen molar-refractivity contribution in [2.75, 3.05) is 0 Å². The Kier molecular flexibility index (Phi) is 5.78. The summed E-state index contributed by atoms with van der Waals surface area (Å²) in [7, 11) is 0. The molecule has 0 aromatic heterocycles. The lowest BCUT2D eigenvalue weighted by Crippen LogP contribution is -2.28.